The predicted octanol–water partition coefficient (Wildman–Crippen LogP) is 4.85. The maximum absolute atomic E-state index is 10.5. The molecule has 25 heavy (non-hydrogen) atoms. The molecule has 1 atom stereocenters. The van der Waals surface area contributed by atoms with Crippen molar-refractivity contribution in [3.05, 3.63) is 65.4 Å². The molecule has 3 rings (SSSR count). The molecule has 0 aliphatic rings. The standard InChI is InChI=1S/C22H28N2O/c1-15(2)18-9-11-19(12-10-18)23-13-20(25)14-24-17(4)16(3)21-7-5-6-8-22(21)24/h5-12,15,20,23,25H,13-14H2,1-4H3/t20-/m0/s1. The minimum absolute atomic E-state index is 0.446. The van der Waals surface area contributed by atoms with E-state index in [1.807, 2.05) is 0 Å². The summed E-state index contributed by atoms with van der Waals surface area (Å²) in [6.07, 6.45) is -0.446. The van der Waals surface area contributed by atoms with Gasteiger partial charge in [0.25, 0.3) is 0 Å². The average Bonchev–Trinajstić information content (AvgIpc) is 2.85. The van der Waals surface area contributed by atoms with E-state index in [2.05, 4.69) is 86.1 Å². The number of nitrogens with one attached hydrogen (secondary N) is 1. The van der Waals surface area contributed by atoms with Crippen LogP contribution in [0.1, 0.15) is 36.6 Å². The lowest BCUT2D eigenvalue weighted by Crippen LogP contribution is -2.25. The van der Waals surface area contributed by atoms with E-state index in [9.17, 15) is 5.11 Å². The molecule has 0 unspecified atom stereocenters. The SMILES string of the molecule is Cc1c(C)n(C[C@@H](O)CNc2ccc(C(C)C)cc2)c2ccccc12. The Bertz CT molecular complexity index is 846. The van der Waals surface area contributed by atoms with Crippen LogP contribution in [0, 0.1) is 13.8 Å². The predicted molar refractivity (Wildman–Crippen MR) is 106 cm³/mol. The number of nitrogens with zero attached hydrogens (tertiary/aromatic N) is 1. The van der Waals surface area contributed by atoms with Crippen molar-refractivity contribution >= 4 is 16.6 Å². The number of aliphatic hydroxyl groups is 1. The highest BCUT2D eigenvalue weighted by molar-refractivity contribution is 5.85. The molecule has 3 aromatic rings. The molecule has 0 saturated heterocycles. The second kappa shape index (κ2) is 7.32. The second-order valence-electron chi connectivity index (χ2n) is 7.15. The molecule has 0 bridgehead atoms. The number of aromatic nitrogens is 1. The molecular weight excluding hydrogens is 308 g/mol. The van der Waals surface area contributed by atoms with Crippen molar-refractivity contribution in [2.24, 2.45) is 0 Å². The summed E-state index contributed by atoms with van der Waals surface area (Å²) in [5, 5.41) is 15.1. The zero-order chi connectivity index (χ0) is 18.0. The van der Waals surface area contributed by atoms with E-state index in [0.29, 0.717) is 19.0 Å². The number of hydrogen-bond donors (Lipinski definition) is 2. The number of benzene rings is 2. The van der Waals surface area contributed by atoms with Crippen molar-refractivity contribution in [3.8, 4) is 0 Å². The zero-order valence-electron chi connectivity index (χ0n) is 15.6. The second-order valence-corrected chi connectivity index (χ2v) is 7.15. The number of rotatable bonds is 6. The Morgan fingerprint density at radius 3 is 2.36 bits per heavy atom. The van der Waals surface area contributed by atoms with Crippen molar-refractivity contribution in [1.29, 1.82) is 0 Å². The first kappa shape index (κ1) is 17.6. The van der Waals surface area contributed by atoms with Gasteiger partial charge in [-0.1, -0.05) is 44.2 Å². The molecule has 132 valence electrons. The maximum atomic E-state index is 10.5. The third-order valence-corrected chi connectivity index (χ3v) is 5.06. The fourth-order valence-electron chi connectivity index (χ4n) is 3.34. The minimum Gasteiger partial charge on any atom is -0.389 e. The molecule has 0 fully saturated rings. The fourth-order valence-corrected chi connectivity index (χ4v) is 3.34. The smallest absolute Gasteiger partial charge is 0.0891 e. The van der Waals surface area contributed by atoms with Gasteiger partial charge in [0.15, 0.2) is 0 Å². The molecule has 2 N–H and O–H groups in total. The summed E-state index contributed by atoms with van der Waals surface area (Å²) in [5.41, 5.74) is 6.09. The molecule has 0 spiro atoms. The quantitative estimate of drug-likeness (QED) is 0.675. The van der Waals surface area contributed by atoms with Gasteiger partial charge >= 0.3 is 0 Å². The maximum Gasteiger partial charge on any atom is 0.0891 e. The first-order chi connectivity index (χ1) is 12.0. The summed E-state index contributed by atoms with van der Waals surface area (Å²) in [5.74, 6) is 0.535. The van der Waals surface area contributed by atoms with Crippen molar-refractivity contribution in [1.82, 2.24) is 4.57 Å². The highest BCUT2D eigenvalue weighted by Gasteiger charge is 2.13. The Hall–Kier alpha value is -2.26. The molecule has 1 aromatic heterocycles. The van der Waals surface area contributed by atoms with Gasteiger partial charge in [-0.15, -0.1) is 0 Å². The molecule has 2 aromatic carbocycles. The van der Waals surface area contributed by atoms with Crippen molar-refractivity contribution in [2.75, 3.05) is 11.9 Å². The monoisotopic (exact) mass is 336 g/mol. The van der Waals surface area contributed by atoms with Gasteiger partial charge in [-0.25, -0.2) is 0 Å². The number of fused-ring (bicyclic) bond motifs is 1. The number of aliphatic hydroxyl groups excluding tert-OH is 1. The zero-order valence-corrected chi connectivity index (χ0v) is 15.6. The third-order valence-electron chi connectivity index (χ3n) is 5.06. The molecule has 0 amide bonds. The Kier molecular flexibility index (Phi) is 5.14. The van der Waals surface area contributed by atoms with Crippen LogP contribution in [0.25, 0.3) is 10.9 Å². The van der Waals surface area contributed by atoms with E-state index in [0.717, 1.165) is 5.69 Å². The van der Waals surface area contributed by atoms with Gasteiger partial charge in [-0.05, 0) is 49.1 Å². The van der Waals surface area contributed by atoms with E-state index >= 15 is 0 Å². The van der Waals surface area contributed by atoms with E-state index < -0.39 is 6.10 Å². The fraction of sp³-hybridized carbons (Fsp3) is 0.364. The summed E-state index contributed by atoms with van der Waals surface area (Å²) in [4.78, 5) is 0. The summed E-state index contributed by atoms with van der Waals surface area (Å²) >= 11 is 0. The van der Waals surface area contributed by atoms with Crippen molar-refractivity contribution in [2.45, 2.75) is 46.3 Å². The van der Waals surface area contributed by atoms with Crippen LogP contribution in [0.4, 0.5) is 5.69 Å². The average molecular weight is 336 g/mol. The van der Waals surface area contributed by atoms with Crippen LogP contribution in [-0.4, -0.2) is 22.3 Å². The molecule has 0 aliphatic heterocycles. The highest BCUT2D eigenvalue weighted by Crippen LogP contribution is 2.25. The summed E-state index contributed by atoms with van der Waals surface area (Å²) in [6.45, 7) is 9.79. The van der Waals surface area contributed by atoms with Crippen LogP contribution < -0.4 is 5.32 Å². The molecule has 3 nitrogen and oxygen atoms in total. The van der Waals surface area contributed by atoms with Crippen LogP contribution in [0.2, 0.25) is 0 Å². The number of hydrogen-bond acceptors (Lipinski definition) is 2. The Balaban J connectivity index is 1.67. The first-order valence-corrected chi connectivity index (χ1v) is 9.03. The van der Waals surface area contributed by atoms with Crippen LogP contribution in [0.3, 0.4) is 0 Å². The largest absolute Gasteiger partial charge is 0.389 e. The lowest BCUT2D eigenvalue weighted by atomic mass is 10.0. The van der Waals surface area contributed by atoms with E-state index in [1.165, 1.54) is 27.7 Å². The van der Waals surface area contributed by atoms with Gasteiger partial charge in [0.05, 0.1) is 12.6 Å². The lowest BCUT2D eigenvalue weighted by Gasteiger charge is -2.16. The Morgan fingerprint density at radius 1 is 1.00 bits per heavy atom. The topological polar surface area (TPSA) is 37.2 Å². The first-order valence-electron chi connectivity index (χ1n) is 9.03. The highest BCUT2D eigenvalue weighted by atomic mass is 16.3. The van der Waals surface area contributed by atoms with E-state index in [-0.39, 0.29) is 0 Å². The normalized spacial score (nSPS) is 12.7. The van der Waals surface area contributed by atoms with Gasteiger partial charge in [0.1, 0.15) is 0 Å². The van der Waals surface area contributed by atoms with E-state index in [4.69, 9.17) is 0 Å². The van der Waals surface area contributed by atoms with Crippen molar-refractivity contribution < 1.29 is 5.11 Å². The van der Waals surface area contributed by atoms with E-state index in [1.54, 1.807) is 0 Å². The third kappa shape index (κ3) is 3.72. The van der Waals surface area contributed by atoms with Gasteiger partial charge in [-0.3, -0.25) is 0 Å². The van der Waals surface area contributed by atoms with Gasteiger partial charge < -0.3 is 15.0 Å². The Morgan fingerprint density at radius 2 is 1.68 bits per heavy atom. The molecular formula is C22H28N2O. The molecule has 1 heterocycles. The van der Waals surface area contributed by atoms with Gasteiger partial charge in [0.2, 0.25) is 0 Å². The minimum atomic E-state index is -0.446. The Labute approximate surface area is 150 Å². The number of anilines is 1. The molecule has 3 heteroatoms. The summed E-state index contributed by atoms with van der Waals surface area (Å²) < 4.78 is 2.22. The van der Waals surface area contributed by atoms with Gasteiger partial charge in [-0.2, -0.15) is 0 Å². The van der Waals surface area contributed by atoms with Crippen molar-refractivity contribution in [3.63, 3.8) is 0 Å². The lowest BCUT2D eigenvalue weighted by molar-refractivity contribution is 0.167. The van der Waals surface area contributed by atoms with Gasteiger partial charge in [0, 0.05) is 28.8 Å². The number of aryl methyl sites for hydroxylation is 1. The molecule has 0 saturated carbocycles. The summed E-state index contributed by atoms with van der Waals surface area (Å²) in [6, 6.07) is 16.9. The molecule has 0 aliphatic carbocycles. The summed E-state index contributed by atoms with van der Waals surface area (Å²) in [7, 11) is 0. The van der Waals surface area contributed by atoms with Crippen LogP contribution in [0.5, 0.6) is 0 Å². The van der Waals surface area contributed by atoms with Crippen LogP contribution >= 0.6 is 0 Å². The van der Waals surface area contributed by atoms with Crippen LogP contribution in [-0.2, 0) is 6.54 Å². The van der Waals surface area contributed by atoms with Crippen LogP contribution in [0.15, 0.2) is 48.5 Å². The molecule has 0 radical (unpaired) electrons. The number of para-hydroxylation sites is 1.